The highest BCUT2D eigenvalue weighted by molar-refractivity contribution is 5.70. The third-order valence-electron chi connectivity index (χ3n) is 3.54. The number of rotatable bonds is 4. The van der Waals surface area contributed by atoms with Crippen molar-refractivity contribution in [2.24, 2.45) is 5.92 Å². The first-order chi connectivity index (χ1) is 8.70. The summed E-state index contributed by atoms with van der Waals surface area (Å²) >= 11 is 0. The number of benzene rings is 1. The van der Waals surface area contributed by atoms with E-state index >= 15 is 0 Å². The van der Waals surface area contributed by atoms with Crippen LogP contribution in [0.2, 0.25) is 0 Å². The van der Waals surface area contributed by atoms with E-state index in [9.17, 15) is 4.79 Å². The van der Waals surface area contributed by atoms with Crippen LogP contribution in [0.1, 0.15) is 25.7 Å². The zero-order chi connectivity index (χ0) is 13.0. The van der Waals surface area contributed by atoms with Gasteiger partial charge in [0.05, 0.1) is 18.7 Å². The van der Waals surface area contributed by atoms with E-state index in [0.717, 1.165) is 37.1 Å². The van der Waals surface area contributed by atoms with Crippen LogP contribution in [0.15, 0.2) is 24.3 Å². The molecule has 98 valence electrons. The molecule has 0 atom stereocenters. The van der Waals surface area contributed by atoms with Gasteiger partial charge in [-0.05, 0) is 37.8 Å². The molecular formula is C14H19NO3. The van der Waals surface area contributed by atoms with E-state index in [1.807, 2.05) is 24.3 Å². The summed E-state index contributed by atoms with van der Waals surface area (Å²) < 4.78 is 5.29. The van der Waals surface area contributed by atoms with Gasteiger partial charge in [0, 0.05) is 6.04 Å². The monoisotopic (exact) mass is 249 g/mol. The first-order valence-electron chi connectivity index (χ1n) is 6.33. The predicted molar refractivity (Wildman–Crippen MR) is 70.0 cm³/mol. The Labute approximate surface area is 107 Å². The van der Waals surface area contributed by atoms with Gasteiger partial charge in [-0.3, -0.25) is 4.79 Å². The summed E-state index contributed by atoms with van der Waals surface area (Å²) in [5.41, 5.74) is 0.985. The molecule has 0 saturated heterocycles. The van der Waals surface area contributed by atoms with Crippen LogP contribution in [0, 0.1) is 5.92 Å². The van der Waals surface area contributed by atoms with Crippen molar-refractivity contribution in [3.05, 3.63) is 24.3 Å². The quantitative estimate of drug-likeness (QED) is 0.861. The molecule has 1 fully saturated rings. The van der Waals surface area contributed by atoms with Crippen LogP contribution in [-0.4, -0.2) is 24.2 Å². The normalized spacial score (nSPS) is 23.4. The lowest BCUT2D eigenvalue weighted by atomic mass is 9.86. The molecule has 1 aliphatic carbocycles. The minimum atomic E-state index is -0.661. The van der Waals surface area contributed by atoms with Crippen LogP contribution >= 0.6 is 0 Å². The molecule has 1 aliphatic rings. The third kappa shape index (κ3) is 2.94. The molecule has 0 aliphatic heterocycles. The van der Waals surface area contributed by atoms with Gasteiger partial charge >= 0.3 is 5.97 Å². The summed E-state index contributed by atoms with van der Waals surface area (Å²) in [6, 6.07) is 8.16. The number of carboxylic acids is 1. The van der Waals surface area contributed by atoms with Gasteiger partial charge < -0.3 is 15.2 Å². The van der Waals surface area contributed by atoms with Crippen LogP contribution in [0.3, 0.4) is 0 Å². The molecule has 0 unspecified atom stereocenters. The Morgan fingerprint density at radius 1 is 1.28 bits per heavy atom. The number of aliphatic carboxylic acids is 1. The average molecular weight is 249 g/mol. The maximum Gasteiger partial charge on any atom is 0.306 e. The average Bonchev–Trinajstić information content (AvgIpc) is 2.40. The van der Waals surface area contributed by atoms with E-state index in [4.69, 9.17) is 9.84 Å². The molecule has 2 rings (SSSR count). The van der Waals surface area contributed by atoms with Crippen LogP contribution in [-0.2, 0) is 4.79 Å². The molecule has 0 spiro atoms. The number of hydrogen-bond acceptors (Lipinski definition) is 3. The Morgan fingerprint density at radius 2 is 1.94 bits per heavy atom. The fourth-order valence-electron chi connectivity index (χ4n) is 2.47. The molecule has 1 saturated carbocycles. The van der Waals surface area contributed by atoms with Gasteiger partial charge in [0.15, 0.2) is 0 Å². The van der Waals surface area contributed by atoms with E-state index in [2.05, 4.69) is 5.32 Å². The highest BCUT2D eigenvalue weighted by Gasteiger charge is 2.26. The van der Waals surface area contributed by atoms with Gasteiger partial charge in [-0.1, -0.05) is 12.1 Å². The van der Waals surface area contributed by atoms with Crippen molar-refractivity contribution in [2.75, 3.05) is 12.4 Å². The van der Waals surface area contributed by atoms with Crippen LogP contribution in [0.25, 0.3) is 0 Å². The molecule has 0 amide bonds. The first-order valence-corrected chi connectivity index (χ1v) is 6.33. The maximum atomic E-state index is 10.9. The first kappa shape index (κ1) is 12.7. The second-order valence-electron chi connectivity index (χ2n) is 4.73. The van der Waals surface area contributed by atoms with Crippen molar-refractivity contribution >= 4 is 11.7 Å². The van der Waals surface area contributed by atoms with E-state index in [0.29, 0.717) is 6.04 Å². The van der Waals surface area contributed by atoms with Gasteiger partial charge in [-0.2, -0.15) is 0 Å². The summed E-state index contributed by atoms with van der Waals surface area (Å²) in [5, 5.41) is 12.4. The summed E-state index contributed by atoms with van der Waals surface area (Å²) in [6.45, 7) is 0. The fourth-order valence-corrected chi connectivity index (χ4v) is 2.47. The largest absolute Gasteiger partial charge is 0.495 e. The Kier molecular flexibility index (Phi) is 4.07. The van der Waals surface area contributed by atoms with Gasteiger partial charge in [0.25, 0.3) is 0 Å². The van der Waals surface area contributed by atoms with Crippen molar-refractivity contribution in [1.29, 1.82) is 0 Å². The molecular weight excluding hydrogens is 230 g/mol. The number of para-hydroxylation sites is 2. The minimum absolute atomic E-state index is 0.166. The van der Waals surface area contributed by atoms with E-state index in [1.54, 1.807) is 7.11 Å². The topological polar surface area (TPSA) is 58.6 Å². The van der Waals surface area contributed by atoms with Crippen molar-refractivity contribution in [2.45, 2.75) is 31.7 Å². The number of methoxy groups -OCH3 is 1. The van der Waals surface area contributed by atoms with E-state index in [1.165, 1.54) is 0 Å². The highest BCUT2D eigenvalue weighted by Crippen LogP contribution is 2.30. The van der Waals surface area contributed by atoms with Crippen LogP contribution in [0.5, 0.6) is 5.75 Å². The molecule has 18 heavy (non-hydrogen) atoms. The van der Waals surface area contributed by atoms with Gasteiger partial charge in [0.1, 0.15) is 5.75 Å². The van der Waals surface area contributed by atoms with Crippen molar-refractivity contribution < 1.29 is 14.6 Å². The number of carbonyl (C=O) groups is 1. The summed E-state index contributed by atoms with van der Waals surface area (Å²) in [4.78, 5) is 10.9. The molecule has 2 N–H and O–H groups in total. The maximum absolute atomic E-state index is 10.9. The van der Waals surface area contributed by atoms with Crippen LogP contribution in [0.4, 0.5) is 5.69 Å². The zero-order valence-corrected chi connectivity index (χ0v) is 10.6. The zero-order valence-electron chi connectivity index (χ0n) is 10.6. The lowest BCUT2D eigenvalue weighted by Crippen LogP contribution is -2.29. The minimum Gasteiger partial charge on any atom is -0.495 e. The second-order valence-corrected chi connectivity index (χ2v) is 4.73. The van der Waals surface area contributed by atoms with Crippen LogP contribution < -0.4 is 10.1 Å². The highest BCUT2D eigenvalue weighted by atomic mass is 16.5. The number of nitrogens with one attached hydrogen (secondary N) is 1. The van der Waals surface area contributed by atoms with Crippen molar-refractivity contribution in [1.82, 2.24) is 0 Å². The summed E-state index contributed by atoms with van der Waals surface area (Å²) in [7, 11) is 1.65. The second kappa shape index (κ2) is 5.76. The smallest absolute Gasteiger partial charge is 0.306 e. The van der Waals surface area contributed by atoms with Gasteiger partial charge in [0.2, 0.25) is 0 Å². The predicted octanol–water partition coefficient (Wildman–Crippen LogP) is 2.75. The Bertz CT molecular complexity index is 411. The SMILES string of the molecule is COc1ccccc1NC1CCC(C(=O)O)CC1. The molecule has 0 radical (unpaired) electrons. The molecule has 0 heterocycles. The molecule has 1 aromatic rings. The Morgan fingerprint density at radius 3 is 2.56 bits per heavy atom. The molecule has 0 aromatic heterocycles. The van der Waals surface area contributed by atoms with Gasteiger partial charge in [-0.25, -0.2) is 0 Å². The molecule has 4 nitrogen and oxygen atoms in total. The Hall–Kier alpha value is -1.71. The Balaban J connectivity index is 1.93. The van der Waals surface area contributed by atoms with Crippen molar-refractivity contribution in [3.63, 3.8) is 0 Å². The van der Waals surface area contributed by atoms with Crippen molar-refractivity contribution in [3.8, 4) is 5.75 Å². The summed E-state index contributed by atoms with van der Waals surface area (Å²) in [6.07, 6.45) is 3.30. The number of hydrogen-bond donors (Lipinski definition) is 2. The number of anilines is 1. The number of carboxylic acid groups (broad SMARTS) is 1. The third-order valence-corrected chi connectivity index (χ3v) is 3.54. The standard InChI is InChI=1S/C14H19NO3/c1-18-13-5-3-2-4-12(13)15-11-8-6-10(7-9-11)14(16)17/h2-5,10-11,15H,6-9H2,1H3,(H,16,17). The van der Waals surface area contributed by atoms with E-state index in [-0.39, 0.29) is 5.92 Å². The fraction of sp³-hybridized carbons (Fsp3) is 0.500. The molecule has 1 aromatic carbocycles. The number of ether oxygens (including phenoxy) is 1. The summed E-state index contributed by atoms with van der Waals surface area (Å²) in [5.74, 6) is 0.00400. The van der Waals surface area contributed by atoms with Gasteiger partial charge in [-0.15, -0.1) is 0 Å². The van der Waals surface area contributed by atoms with E-state index < -0.39 is 5.97 Å². The molecule has 0 bridgehead atoms. The molecule has 4 heteroatoms. The lowest BCUT2D eigenvalue weighted by Gasteiger charge is -2.28. The lowest BCUT2D eigenvalue weighted by molar-refractivity contribution is -0.142.